The Kier molecular flexibility index (Phi) is 4.25. The molecule has 1 heterocycles. The third-order valence-electron chi connectivity index (χ3n) is 0.455. The molecule has 0 aliphatic carbocycles. The molecular formula is C4H9N3S2. The van der Waals surface area contributed by atoms with Crippen LogP contribution >= 0.6 is 23.6 Å². The minimum atomic E-state index is 0.491. The van der Waals surface area contributed by atoms with Crippen LogP contribution in [0.5, 0.6) is 0 Å². The van der Waals surface area contributed by atoms with Crippen molar-refractivity contribution in [2.75, 3.05) is 5.73 Å². The zero-order valence-electron chi connectivity index (χ0n) is 5.34. The van der Waals surface area contributed by atoms with Crippen molar-refractivity contribution < 1.29 is 0 Å². The first-order valence-corrected chi connectivity index (χ1v) is 3.82. The third kappa shape index (κ3) is 3.21. The number of anilines is 1. The smallest absolute Gasteiger partial charge is 0.201 e. The van der Waals surface area contributed by atoms with Gasteiger partial charge in [0, 0.05) is 0 Å². The van der Waals surface area contributed by atoms with E-state index in [-0.39, 0.29) is 0 Å². The molecule has 0 aliphatic rings. The summed E-state index contributed by atoms with van der Waals surface area (Å²) in [5, 5.41) is 6.60. The van der Waals surface area contributed by atoms with Gasteiger partial charge in [-0.2, -0.15) is 0 Å². The third-order valence-corrected chi connectivity index (χ3v) is 1.37. The Bertz CT molecular complexity index is 202. The van der Waals surface area contributed by atoms with Crippen molar-refractivity contribution in [2.24, 2.45) is 0 Å². The van der Waals surface area contributed by atoms with Crippen LogP contribution in [-0.4, -0.2) is 10.2 Å². The largest absolute Gasteiger partial charge is 0.374 e. The van der Waals surface area contributed by atoms with Gasteiger partial charge in [0.25, 0.3) is 0 Å². The highest BCUT2D eigenvalue weighted by atomic mass is 32.1. The zero-order chi connectivity index (χ0) is 7.28. The summed E-state index contributed by atoms with van der Waals surface area (Å²) < 4.78 is 0.623. The number of nitrogens with one attached hydrogen (secondary N) is 1. The Morgan fingerprint density at radius 1 is 1.67 bits per heavy atom. The van der Waals surface area contributed by atoms with Crippen LogP contribution in [0.2, 0.25) is 0 Å². The standard InChI is InChI=1S/C2H3N3S2.C2H6/c3-1-4-5-2(6)7-1;1-2/h(H2,3,4)(H,5,6);1-2H3. The lowest BCUT2D eigenvalue weighted by Gasteiger charge is -1.65. The molecule has 3 N–H and O–H groups in total. The van der Waals surface area contributed by atoms with Crippen molar-refractivity contribution in [2.45, 2.75) is 13.8 Å². The molecule has 0 saturated carbocycles. The minimum Gasteiger partial charge on any atom is -0.374 e. The quantitative estimate of drug-likeness (QED) is 0.573. The fourth-order valence-electron chi connectivity index (χ4n) is 0.241. The summed E-state index contributed by atoms with van der Waals surface area (Å²) in [7, 11) is 0. The lowest BCUT2D eigenvalue weighted by atomic mass is 11.0. The maximum Gasteiger partial charge on any atom is 0.201 e. The summed E-state index contributed by atoms with van der Waals surface area (Å²) in [6, 6.07) is 0. The Hall–Kier alpha value is -0.420. The van der Waals surface area contributed by atoms with E-state index in [0.29, 0.717) is 9.09 Å². The van der Waals surface area contributed by atoms with E-state index in [1.807, 2.05) is 13.8 Å². The lowest BCUT2D eigenvalue weighted by Crippen LogP contribution is -1.79. The minimum absolute atomic E-state index is 0.491. The van der Waals surface area contributed by atoms with Gasteiger partial charge in [-0.05, 0) is 12.2 Å². The SMILES string of the molecule is CC.Nc1n[nH]c(=S)s1. The maximum atomic E-state index is 5.19. The van der Waals surface area contributed by atoms with Gasteiger partial charge in [0.15, 0.2) is 3.95 Å². The second-order valence-corrected chi connectivity index (χ2v) is 2.65. The molecule has 0 atom stereocenters. The van der Waals surface area contributed by atoms with E-state index in [1.54, 1.807) is 0 Å². The van der Waals surface area contributed by atoms with Gasteiger partial charge >= 0.3 is 0 Å². The summed E-state index contributed by atoms with van der Waals surface area (Å²) in [6.45, 7) is 4.00. The molecule has 0 unspecified atom stereocenters. The first kappa shape index (κ1) is 8.58. The normalized spacial score (nSPS) is 7.78. The Morgan fingerprint density at radius 3 is 2.33 bits per heavy atom. The van der Waals surface area contributed by atoms with Crippen molar-refractivity contribution in [3.8, 4) is 0 Å². The molecule has 0 spiro atoms. The number of hydrogen-bond acceptors (Lipinski definition) is 4. The summed E-state index contributed by atoms with van der Waals surface area (Å²) in [5.74, 6) is 0. The molecule has 52 valence electrons. The highest BCUT2D eigenvalue weighted by Gasteiger charge is 1.83. The van der Waals surface area contributed by atoms with Gasteiger partial charge in [-0.1, -0.05) is 25.2 Å². The van der Waals surface area contributed by atoms with Crippen LogP contribution < -0.4 is 5.73 Å². The van der Waals surface area contributed by atoms with Gasteiger partial charge in [-0.15, -0.1) is 5.10 Å². The van der Waals surface area contributed by atoms with Crippen LogP contribution in [0.1, 0.15) is 13.8 Å². The number of nitrogens with zero attached hydrogens (tertiary/aromatic N) is 1. The van der Waals surface area contributed by atoms with E-state index in [4.69, 9.17) is 5.73 Å². The summed E-state index contributed by atoms with van der Waals surface area (Å²) in [5.41, 5.74) is 5.19. The molecule has 0 radical (unpaired) electrons. The van der Waals surface area contributed by atoms with Gasteiger partial charge < -0.3 is 5.73 Å². The second-order valence-electron chi connectivity index (χ2n) is 0.951. The van der Waals surface area contributed by atoms with Gasteiger partial charge in [-0.3, -0.25) is 5.10 Å². The number of aromatic nitrogens is 2. The number of nitrogen functional groups attached to an aromatic ring is 1. The van der Waals surface area contributed by atoms with Crippen LogP contribution in [0.15, 0.2) is 0 Å². The number of hydrogen-bond donors (Lipinski definition) is 2. The second kappa shape index (κ2) is 4.46. The summed E-state index contributed by atoms with van der Waals surface area (Å²) in [4.78, 5) is 0. The predicted molar refractivity (Wildman–Crippen MR) is 43.1 cm³/mol. The molecule has 1 rings (SSSR count). The van der Waals surface area contributed by atoms with E-state index in [1.165, 1.54) is 11.3 Å². The molecule has 0 bridgehead atoms. The fraction of sp³-hybridized carbons (Fsp3) is 0.500. The van der Waals surface area contributed by atoms with Gasteiger partial charge in [0.05, 0.1) is 0 Å². The number of nitrogens with two attached hydrogens (primary N) is 1. The number of H-pyrrole nitrogens is 1. The van der Waals surface area contributed by atoms with E-state index in [9.17, 15) is 0 Å². The summed E-state index contributed by atoms with van der Waals surface area (Å²) in [6.07, 6.45) is 0. The van der Waals surface area contributed by atoms with Crippen LogP contribution in [0.4, 0.5) is 5.13 Å². The highest BCUT2D eigenvalue weighted by molar-refractivity contribution is 7.73. The Labute approximate surface area is 62.9 Å². The van der Waals surface area contributed by atoms with E-state index in [0.717, 1.165) is 0 Å². The number of rotatable bonds is 0. The average molecular weight is 163 g/mol. The molecule has 0 amide bonds. The maximum absolute atomic E-state index is 5.19. The molecular weight excluding hydrogens is 154 g/mol. The molecule has 9 heavy (non-hydrogen) atoms. The molecule has 0 saturated heterocycles. The van der Waals surface area contributed by atoms with Crippen LogP contribution in [0.3, 0.4) is 0 Å². The van der Waals surface area contributed by atoms with Crippen molar-refractivity contribution in [3.63, 3.8) is 0 Å². The molecule has 1 aromatic heterocycles. The fourth-order valence-corrected chi connectivity index (χ4v) is 0.916. The van der Waals surface area contributed by atoms with Crippen molar-refractivity contribution in [1.29, 1.82) is 0 Å². The van der Waals surface area contributed by atoms with Crippen LogP contribution in [0.25, 0.3) is 0 Å². The topological polar surface area (TPSA) is 54.7 Å². The molecule has 3 nitrogen and oxygen atoms in total. The average Bonchev–Trinajstić information content (AvgIpc) is 2.20. The monoisotopic (exact) mass is 163 g/mol. The van der Waals surface area contributed by atoms with Crippen molar-refractivity contribution in [1.82, 2.24) is 10.2 Å². The van der Waals surface area contributed by atoms with Gasteiger partial charge in [0.1, 0.15) is 0 Å². The first-order valence-electron chi connectivity index (χ1n) is 2.60. The Balaban J connectivity index is 0.000000291. The Morgan fingerprint density at radius 2 is 2.22 bits per heavy atom. The molecule has 1 aromatic rings. The van der Waals surface area contributed by atoms with Crippen molar-refractivity contribution in [3.05, 3.63) is 3.95 Å². The lowest BCUT2D eigenvalue weighted by molar-refractivity contribution is 1.09. The number of aromatic amines is 1. The highest BCUT2D eigenvalue weighted by Crippen LogP contribution is 2.03. The zero-order valence-corrected chi connectivity index (χ0v) is 6.97. The summed E-state index contributed by atoms with van der Waals surface area (Å²) >= 11 is 5.92. The van der Waals surface area contributed by atoms with E-state index in [2.05, 4.69) is 22.4 Å². The van der Waals surface area contributed by atoms with Crippen molar-refractivity contribution >= 4 is 28.7 Å². The van der Waals surface area contributed by atoms with Gasteiger partial charge in [0.2, 0.25) is 5.13 Å². The molecule has 0 aliphatic heterocycles. The van der Waals surface area contributed by atoms with Gasteiger partial charge in [-0.25, -0.2) is 0 Å². The first-order chi connectivity index (χ1) is 4.29. The van der Waals surface area contributed by atoms with E-state index < -0.39 is 0 Å². The van der Waals surface area contributed by atoms with E-state index >= 15 is 0 Å². The predicted octanol–water partition coefficient (Wildman–Crippen LogP) is 1.81. The molecule has 0 fully saturated rings. The van der Waals surface area contributed by atoms with Crippen LogP contribution in [0, 0.1) is 3.95 Å². The molecule has 0 aromatic carbocycles. The molecule has 5 heteroatoms. The van der Waals surface area contributed by atoms with Crippen LogP contribution in [-0.2, 0) is 0 Å².